The van der Waals surface area contributed by atoms with Crippen LogP contribution in [0.1, 0.15) is 28.9 Å². The van der Waals surface area contributed by atoms with Crippen molar-refractivity contribution >= 4 is 24.3 Å². The van der Waals surface area contributed by atoms with Gasteiger partial charge in [-0.3, -0.25) is 0 Å². The fourth-order valence-electron chi connectivity index (χ4n) is 1.53. The molecule has 0 saturated heterocycles. The minimum absolute atomic E-state index is 0. The maximum absolute atomic E-state index is 13.8. The molecule has 2 N–H and O–H groups in total. The molecule has 112 valence electrons. The fraction of sp³-hybridized carbons (Fsp3) is 0.385. The van der Waals surface area contributed by atoms with Gasteiger partial charge in [0.05, 0.1) is 25.3 Å². The molecule has 0 aliphatic carbocycles. The van der Waals surface area contributed by atoms with Crippen LogP contribution in [0.4, 0.5) is 4.39 Å². The number of hydrogen-bond donors (Lipinski definition) is 1. The Morgan fingerprint density at radius 2 is 2.05 bits per heavy atom. The fourth-order valence-corrected chi connectivity index (χ4v) is 1.53. The average Bonchev–Trinajstić information content (AvgIpc) is 2.45. The first-order valence-corrected chi connectivity index (χ1v) is 5.75. The molecule has 1 aromatic rings. The molecule has 0 fully saturated rings. The van der Waals surface area contributed by atoms with Gasteiger partial charge in [-0.2, -0.15) is 0 Å². The SMILES string of the molecule is CCOC(=O)C(F)[C@H](N)c1cccc(C(=O)OC)c1.Cl. The minimum Gasteiger partial charge on any atom is -0.465 e. The third-order valence-corrected chi connectivity index (χ3v) is 2.52. The molecule has 1 aromatic carbocycles. The highest BCUT2D eigenvalue weighted by Crippen LogP contribution is 2.19. The number of nitrogens with two attached hydrogens (primary N) is 1. The molecule has 7 heteroatoms. The normalized spacial score (nSPS) is 12.8. The summed E-state index contributed by atoms with van der Waals surface area (Å²) in [5.41, 5.74) is 6.22. The lowest BCUT2D eigenvalue weighted by molar-refractivity contribution is -0.149. The van der Waals surface area contributed by atoms with Crippen molar-refractivity contribution in [1.82, 2.24) is 0 Å². The quantitative estimate of drug-likeness (QED) is 0.839. The number of benzene rings is 1. The highest BCUT2D eigenvalue weighted by molar-refractivity contribution is 5.89. The van der Waals surface area contributed by atoms with Crippen molar-refractivity contribution in [1.29, 1.82) is 0 Å². The highest BCUT2D eigenvalue weighted by Gasteiger charge is 2.28. The summed E-state index contributed by atoms with van der Waals surface area (Å²) in [6, 6.07) is 4.79. The van der Waals surface area contributed by atoms with Crippen molar-refractivity contribution in [2.24, 2.45) is 5.73 Å². The molecule has 0 aliphatic heterocycles. The molecular weight excluding hydrogens is 289 g/mol. The molecule has 2 atom stereocenters. The molecule has 0 bridgehead atoms. The zero-order valence-electron chi connectivity index (χ0n) is 11.2. The van der Waals surface area contributed by atoms with E-state index in [0.717, 1.165) is 0 Å². The topological polar surface area (TPSA) is 78.6 Å². The molecule has 1 unspecified atom stereocenters. The number of carbonyl (C=O) groups is 2. The molecular formula is C13H17ClFNO4. The number of alkyl halides is 1. The summed E-state index contributed by atoms with van der Waals surface area (Å²) in [6.45, 7) is 1.65. The summed E-state index contributed by atoms with van der Waals surface area (Å²) in [4.78, 5) is 22.6. The van der Waals surface area contributed by atoms with E-state index in [-0.39, 0.29) is 24.6 Å². The Hall–Kier alpha value is -1.66. The van der Waals surface area contributed by atoms with E-state index in [9.17, 15) is 14.0 Å². The molecule has 0 aliphatic rings. The smallest absolute Gasteiger partial charge is 0.342 e. The van der Waals surface area contributed by atoms with Gasteiger partial charge in [0.15, 0.2) is 0 Å². The highest BCUT2D eigenvalue weighted by atomic mass is 35.5. The average molecular weight is 306 g/mol. The molecule has 20 heavy (non-hydrogen) atoms. The maximum Gasteiger partial charge on any atom is 0.342 e. The van der Waals surface area contributed by atoms with Crippen LogP contribution in [0.25, 0.3) is 0 Å². The second kappa shape index (κ2) is 8.50. The number of rotatable bonds is 5. The molecule has 0 spiro atoms. The second-order valence-electron chi connectivity index (χ2n) is 3.80. The zero-order valence-corrected chi connectivity index (χ0v) is 12.0. The number of hydrogen-bond acceptors (Lipinski definition) is 5. The van der Waals surface area contributed by atoms with Crippen LogP contribution in [-0.4, -0.2) is 31.8 Å². The van der Waals surface area contributed by atoms with Crippen molar-refractivity contribution in [2.75, 3.05) is 13.7 Å². The lowest BCUT2D eigenvalue weighted by Crippen LogP contribution is -2.31. The van der Waals surface area contributed by atoms with Gasteiger partial charge >= 0.3 is 11.9 Å². The zero-order chi connectivity index (χ0) is 14.4. The van der Waals surface area contributed by atoms with Crippen molar-refractivity contribution < 1.29 is 23.5 Å². The number of esters is 2. The Morgan fingerprint density at radius 1 is 1.40 bits per heavy atom. The standard InChI is InChI=1S/C13H16FNO4.ClH/c1-3-19-13(17)10(14)11(15)8-5-4-6-9(7-8)12(16)18-2;/h4-7,10-11H,3,15H2,1-2H3;1H/t10?,11-;/m1./s1. The van der Waals surface area contributed by atoms with Crippen LogP contribution in [0.15, 0.2) is 24.3 Å². The van der Waals surface area contributed by atoms with E-state index >= 15 is 0 Å². The van der Waals surface area contributed by atoms with E-state index in [1.54, 1.807) is 13.0 Å². The van der Waals surface area contributed by atoms with Crippen LogP contribution in [0.5, 0.6) is 0 Å². The number of halogens is 2. The molecule has 1 rings (SSSR count). The minimum atomic E-state index is -1.98. The first-order valence-electron chi connectivity index (χ1n) is 5.75. The van der Waals surface area contributed by atoms with Crippen molar-refractivity contribution in [3.63, 3.8) is 0 Å². The largest absolute Gasteiger partial charge is 0.465 e. The van der Waals surface area contributed by atoms with Gasteiger partial charge in [0.2, 0.25) is 6.17 Å². The second-order valence-corrected chi connectivity index (χ2v) is 3.80. The summed E-state index contributed by atoms with van der Waals surface area (Å²) >= 11 is 0. The van der Waals surface area contributed by atoms with Gasteiger partial charge in [0, 0.05) is 0 Å². The monoisotopic (exact) mass is 305 g/mol. The van der Waals surface area contributed by atoms with E-state index < -0.39 is 24.2 Å². The Balaban J connectivity index is 0.00000361. The van der Waals surface area contributed by atoms with Crippen LogP contribution >= 0.6 is 12.4 Å². The van der Waals surface area contributed by atoms with Crippen LogP contribution in [-0.2, 0) is 14.3 Å². The molecule has 0 heterocycles. The Morgan fingerprint density at radius 3 is 2.60 bits per heavy atom. The third-order valence-electron chi connectivity index (χ3n) is 2.52. The van der Waals surface area contributed by atoms with E-state index in [1.807, 2.05) is 0 Å². The number of carbonyl (C=O) groups excluding carboxylic acids is 2. The van der Waals surface area contributed by atoms with Crippen LogP contribution < -0.4 is 5.73 Å². The van der Waals surface area contributed by atoms with Crippen molar-refractivity contribution in [3.8, 4) is 0 Å². The van der Waals surface area contributed by atoms with Crippen molar-refractivity contribution in [2.45, 2.75) is 19.1 Å². The molecule has 0 saturated carbocycles. The van der Waals surface area contributed by atoms with Gasteiger partial charge in [-0.1, -0.05) is 12.1 Å². The van der Waals surface area contributed by atoms with Gasteiger partial charge in [-0.25, -0.2) is 14.0 Å². The maximum atomic E-state index is 13.8. The third kappa shape index (κ3) is 4.47. The Kier molecular flexibility index (Phi) is 7.79. The van der Waals surface area contributed by atoms with E-state index in [0.29, 0.717) is 5.56 Å². The summed E-state index contributed by atoms with van der Waals surface area (Å²) in [6.07, 6.45) is -1.98. The Labute approximate surface area is 122 Å². The van der Waals surface area contributed by atoms with E-state index in [4.69, 9.17) is 5.73 Å². The van der Waals surface area contributed by atoms with Gasteiger partial charge < -0.3 is 15.2 Å². The number of ether oxygens (including phenoxy) is 2. The Bertz CT molecular complexity index is 469. The van der Waals surface area contributed by atoms with Crippen LogP contribution in [0.2, 0.25) is 0 Å². The summed E-state index contributed by atoms with van der Waals surface area (Å²) in [7, 11) is 1.24. The number of methoxy groups -OCH3 is 1. The molecule has 0 radical (unpaired) electrons. The first-order chi connectivity index (χ1) is 9.01. The van der Waals surface area contributed by atoms with E-state index in [1.165, 1.54) is 25.3 Å². The van der Waals surface area contributed by atoms with Crippen molar-refractivity contribution in [3.05, 3.63) is 35.4 Å². The van der Waals surface area contributed by atoms with Crippen LogP contribution in [0.3, 0.4) is 0 Å². The predicted molar refractivity (Wildman–Crippen MR) is 73.5 cm³/mol. The van der Waals surface area contributed by atoms with Gasteiger partial charge in [-0.15, -0.1) is 12.4 Å². The van der Waals surface area contributed by atoms with Gasteiger partial charge in [0.1, 0.15) is 0 Å². The van der Waals surface area contributed by atoms with Gasteiger partial charge in [0.25, 0.3) is 0 Å². The molecule has 0 amide bonds. The van der Waals surface area contributed by atoms with E-state index in [2.05, 4.69) is 9.47 Å². The molecule has 5 nitrogen and oxygen atoms in total. The molecule has 0 aromatic heterocycles. The summed E-state index contributed by atoms with van der Waals surface area (Å²) in [5.74, 6) is -1.57. The van der Waals surface area contributed by atoms with Crippen LogP contribution in [0, 0.1) is 0 Å². The lowest BCUT2D eigenvalue weighted by atomic mass is 10.0. The first kappa shape index (κ1) is 18.3. The lowest BCUT2D eigenvalue weighted by Gasteiger charge is -2.16. The summed E-state index contributed by atoms with van der Waals surface area (Å²) < 4.78 is 22.9. The predicted octanol–water partition coefficient (Wildman–Crippen LogP) is 1.80. The summed E-state index contributed by atoms with van der Waals surface area (Å²) in [5, 5.41) is 0. The van der Waals surface area contributed by atoms with Gasteiger partial charge in [-0.05, 0) is 24.6 Å².